The van der Waals surface area contributed by atoms with Crippen molar-refractivity contribution in [3.63, 3.8) is 0 Å². The van der Waals surface area contributed by atoms with Crippen LogP contribution in [0.15, 0.2) is 60.6 Å². The fraction of sp³-hybridized carbons (Fsp3) is 0.489. The quantitative estimate of drug-likeness (QED) is 0.0904. The average molecular weight is 923 g/mol. The van der Waals surface area contributed by atoms with Crippen LogP contribution in [0.25, 0.3) is 42.3 Å². The Morgan fingerprint density at radius 1 is 0.852 bits per heavy atom. The first-order valence-corrected chi connectivity index (χ1v) is 20.0. The van der Waals surface area contributed by atoms with Gasteiger partial charge < -0.3 is 5.11 Å². The molecule has 54 heavy (non-hydrogen) atoms. The monoisotopic (exact) mass is 923 g/mol. The van der Waals surface area contributed by atoms with E-state index in [2.05, 4.69) is 138 Å². The maximum Gasteiger partial charge on any atom is 0.162 e. The third-order valence-electron chi connectivity index (χ3n) is 9.94. The molecule has 0 aliphatic rings. The van der Waals surface area contributed by atoms with Gasteiger partial charge in [0.15, 0.2) is 5.78 Å². The van der Waals surface area contributed by atoms with Gasteiger partial charge in [0, 0.05) is 64.1 Å². The van der Waals surface area contributed by atoms with Crippen LogP contribution in [0.5, 0.6) is 0 Å². The fourth-order valence-electron chi connectivity index (χ4n) is 7.85. The van der Waals surface area contributed by atoms with Crippen LogP contribution < -0.4 is 0 Å². The number of fused-ring (bicyclic) bond motifs is 4. The van der Waals surface area contributed by atoms with E-state index in [1.54, 1.807) is 17.7 Å². The molecule has 5 aromatic rings. The van der Waals surface area contributed by atoms with Crippen LogP contribution in [0, 0.1) is 58.3 Å². The van der Waals surface area contributed by atoms with Gasteiger partial charge in [-0.2, -0.15) is 5.26 Å². The van der Waals surface area contributed by atoms with Gasteiger partial charge in [0.25, 0.3) is 0 Å². The molecule has 2 heterocycles. The first kappa shape index (κ1) is 45.0. The van der Waals surface area contributed by atoms with Crippen molar-refractivity contribution in [3.05, 3.63) is 83.4 Å². The molecule has 5 nitrogen and oxygen atoms in total. The summed E-state index contributed by atoms with van der Waals surface area (Å²) in [6.45, 7) is 30.1. The SMILES string of the molecule is CC(C)(C)Cc1ccc2c(c1)sc1c(-c3[c-]c4cc(C#N)ccc4c(C(C)(C)C)c3)ncnc12.CC(C)C(C(=O)/C=C(\O)C(C(C)C)C(C)C)C(C)C.[Ir]. The Morgan fingerprint density at radius 3 is 1.98 bits per heavy atom. The van der Waals surface area contributed by atoms with Crippen LogP contribution in [0.3, 0.4) is 0 Å². The Kier molecular flexibility index (Phi) is 15.0. The fourth-order valence-corrected chi connectivity index (χ4v) is 9.08. The number of rotatable bonds is 9. The summed E-state index contributed by atoms with van der Waals surface area (Å²) >= 11 is 1.75. The van der Waals surface area contributed by atoms with E-state index in [4.69, 9.17) is 4.98 Å². The van der Waals surface area contributed by atoms with Crippen molar-refractivity contribution in [2.75, 3.05) is 0 Å². The van der Waals surface area contributed by atoms with E-state index in [9.17, 15) is 15.2 Å². The van der Waals surface area contributed by atoms with E-state index in [1.165, 1.54) is 27.3 Å². The van der Waals surface area contributed by atoms with Crippen molar-refractivity contribution in [2.24, 2.45) is 40.9 Å². The first-order chi connectivity index (χ1) is 24.6. The number of hydrogen-bond acceptors (Lipinski definition) is 6. The summed E-state index contributed by atoms with van der Waals surface area (Å²) in [5.41, 5.74) is 6.22. The van der Waals surface area contributed by atoms with Gasteiger partial charge in [0.2, 0.25) is 0 Å². The second kappa shape index (κ2) is 18.0. The van der Waals surface area contributed by atoms with Crippen molar-refractivity contribution in [1.82, 2.24) is 9.97 Å². The first-order valence-electron chi connectivity index (χ1n) is 19.1. The van der Waals surface area contributed by atoms with Crippen molar-refractivity contribution in [1.29, 1.82) is 5.26 Å². The molecule has 2 aromatic heterocycles. The molecule has 0 bridgehead atoms. The second-order valence-electron chi connectivity index (χ2n) is 18.3. The van der Waals surface area contributed by atoms with E-state index in [0.29, 0.717) is 29.2 Å². The molecule has 0 atom stereocenters. The van der Waals surface area contributed by atoms with Gasteiger partial charge in [-0.3, -0.25) is 9.78 Å². The largest absolute Gasteiger partial charge is 0.512 e. The van der Waals surface area contributed by atoms with E-state index in [1.807, 2.05) is 18.2 Å². The van der Waals surface area contributed by atoms with Gasteiger partial charge >= 0.3 is 0 Å². The Hall–Kier alpha value is -3.43. The number of thiophene rings is 1. The van der Waals surface area contributed by atoms with E-state index in [0.717, 1.165) is 38.7 Å². The maximum absolute atomic E-state index is 12.3. The third kappa shape index (κ3) is 10.7. The molecule has 0 fully saturated rings. The molecule has 0 saturated heterocycles. The predicted molar refractivity (Wildman–Crippen MR) is 225 cm³/mol. The van der Waals surface area contributed by atoms with Crippen molar-refractivity contribution in [2.45, 2.75) is 109 Å². The number of hydrogen-bond donors (Lipinski definition) is 1. The third-order valence-corrected chi connectivity index (χ3v) is 11.1. The van der Waals surface area contributed by atoms with E-state index >= 15 is 0 Å². The Balaban J connectivity index is 0.000000338. The molecule has 3 aromatic carbocycles. The van der Waals surface area contributed by atoms with Crippen LogP contribution in [0.1, 0.15) is 114 Å². The minimum Gasteiger partial charge on any atom is -0.512 e. The molecule has 0 aliphatic carbocycles. The predicted octanol–water partition coefficient (Wildman–Crippen LogP) is 13.1. The van der Waals surface area contributed by atoms with Gasteiger partial charge in [-0.25, -0.2) is 4.98 Å². The number of nitrogens with zero attached hydrogens (tertiary/aromatic N) is 3. The summed E-state index contributed by atoms with van der Waals surface area (Å²) in [6, 6.07) is 20.6. The molecule has 1 N–H and O–H groups in total. The van der Waals surface area contributed by atoms with Gasteiger partial charge in [0.1, 0.15) is 6.33 Å². The standard InChI is InChI=1S/C30H28N3S.C17H32O2.Ir/c1-29(2,3)15-18-7-10-23-25(12-18)34-28-26(32-17-33-27(23)28)21-13-20-11-19(16-31)8-9-22(20)24(14-21)30(4,5)6;1-10(2)16(11(3)4)14(18)9-15(19)17(12(5)6)13(7)8;/h7-12,14,17H,15H2,1-6H3;9-13,16-18H,1-8H3;/q-1;;/b;14-9-;. The number of ketones is 1. The van der Waals surface area contributed by atoms with Crippen LogP contribution in [0.4, 0.5) is 0 Å². The van der Waals surface area contributed by atoms with Gasteiger partial charge in [-0.15, -0.1) is 40.5 Å². The molecule has 7 heteroatoms. The van der Waals surface area contributed by atoms with Crippen LogP contribution in [-0.4, -0.2) is 20.9 Å². The zero-order chi connectivity index (χ0) is 39.6. The van der Waals surface area contributed by atoms with Crippen molar-refractivity contribution in [3.8, 4) is 17.3 Å². The normalized spacial score (nSPS) is 12.7. The molecule has 0 spiro atoms. The van der Waals surface area contributed by atoms with Crippen molar-refractivity contribution >= 4 is 48.2 Å². The molecule has 0 saturated carbocycles. The molecular formula is C47H60IrN3O2S-. The van der Waals surface area contributed by atoms with Crippen LogP contribution in [0.2, 0.25) is 0 Å². The number of benzene rings is 3. The maximum atomic E-state index is 12.3. The molecule has 0 amide bonds. The molecule has 5 rings (SSSR count). The number of carbonyl (C=O) groups is 1. The molecule has 0 unspecified atom stereocenters. The number of aliphatic hydroxyl groups excluding tert-OH is 1. The average Bonchev–Trinajstić information content (AvgIpc) is 3.40. The Labute approximate surface area is 342 Å². The molecule has 1 radical (unpaired) electrons. The van der Waals surface area contributed by atoms with Gasteiger partial charge in [-0.1, -0.05) is 132 Å². The second-order valence-corrected chi connectivity index (χ2v) is 19.3. The Bertz CT molecular complexity index is 2140. The summed E-state index contributed by atoms with van der Waals surface area (Å²) in [5.74, 6) is 1.63. The van der Waals surface area contributed by atoms with E-state index < -0.39 is 0 Å². The van der Waals surface area contributed by atoms with Crippen molar-refractivity contribution < 1.29 is 30.0 Å². The zero-order valence-electron chi connectivity index (χ0n) is 34.8. The summed E-state index contributed by atoms with van der Waals surface area (Å²) in [7, 11) is 0. The number of carbonyl (C=O) groups excluding carboxylic acids is 1. The molecule has 0 aliphatic heterocycles. The van der Waals surface area contributed by atoms with Gasteiger partial charge in [0.05, 0.1) is 17.3 Å². The number of nitriles is 1. The van der Waals surface area contributed by atoms with Crippen LogP contribution >= 0.6 is 11.3 Å². The number of aromatic nitrogens is 2. The smallest absolute Gasteiger partial charge is 0.162 e. The zero-order valence-corrected chi connectivity index (χ0v) is 38.0. The van der Waals surface area contributed by atoms with E-state index in [-0.39, 0.29) is 54.3 Å². The molecular weight excluding hydrogens is 863 g/mol. The van der Waals surface area contributed by atoms with Gasteiger partial charge in [-0.05, 0) is 52.6 Å². The number of aliphatic hydroxyl groups is 1. The summed E-state index contributed by atoms with van der Waals surface area (Å²) in [5, 5.41) is 23.0. The summed E-state index contributed by atoms with van der Waals surface area (Å²) in [6.07, 6.45) is 4.17. The Morgan fingerprint density at radius 2 is 1.44 bits per heavy atom. The minimum atomic E-state index is -0.0651. The number of allylic oxidation sites excluding steroid dienone is 2. The van der Waals surface area contributed by atoms with Crippen LogP contribution in [-0.2, 0) is 36.7 Å². The molecule has 291 valence electrons. The summed E-state index contributed by atoms with van der Waals surface area (Å²) < 4.78 is 2.32. The minimum absolute atomic E-state index is 0. The topological polar surface area (TPSA) is 86.9 Å². The summed E-state index contributed by atoms with van der Waals surface area (Å²) in [4.78, 5) is 21.7.